The van der Waals surface area contributed by atoms with Gasteiger partial charge in [-0.25, -0.2) is 4.98 Å². The number of fused-ring (bicyclic) bond motifs is 1. The fourth-order valence-corrected chi connectivity index (χ4v) is 2.52. The van der Waals surface area contributed by atoms with E-state index in [1.807, 2.05) is 25.1 Å². The monoisotopic (exact) mass is 330 g/mol. The average Bonchev–Trinajstić information content (AvgIpc) is 2.79. The van der Waals surface area contributed by atoms with E-state index in [-0.39, 0.29) is 36.8 Å². The van der Waals surface area contributed by atoms with E-state index < -0.39 is 0 Å². The number of halogens is 2. The minimum atomic E-state index is -0.0621. The lowest BCUT2D eigenvalue weighted by molar-refractivity contribution is -0.118. The van der Waals surface area contributed by atoms with Gasteiger partial charge in [-0.1, -0.05) is 6.42 Å². The van der Waals surface area contributed by atoms with Crippen LogP contribution in [-0.2, 0) is 4.79 Å². The Labute approximate surface area is 136 Å². The number of imidazole rings is 1. The van der Waals surface area contributed by atoms with Crippen molar-refractivity contribution in [2.45, 2.75) is 32.2 Å². The molecule has 3 N–H and O–H groups in total. The summed E-state index contributed by atoms with van der Waals surface area (Å²) in [5.41, 5.74) is 2.69. The maximum Gasteiger partial charge on any atom is 0.241 e. The second-order valence-electron chi connectivity index (χ2n) is 5.05. The van der Waals surface area contributed by atoms with Crippen molar-refractivity contribution < 1.29 is 4.79 Å². The third-order valence-electron chi connectivity index (χ3n) is 3.49. The third-order valence-corrected chi connectivity index (χ3v) is 3.49. The molecular formula is C14H20Cl2N4O. The lowest BCUT2D eigenvalue weighted by atomic mass is 10.0. The molecule has 0 radical (unpaired) electrons. The van der Waals surface area contributed by atoms with E-state index in [1.165, 1.54) is 0 Å². The standard InChI is InChI=1S/C14H18N4O.2ClH/c1-9-16-11-6-5-10(8-13(11)17-9)18-14(19)12-4-2-3-7-15-12;;/h5-6,8,12,15H,2-4,7H2,1H3,(H,16,17)(H,18,19);2*1H. The van der Waals surface area contributed by atoms with E-state index in [0.717, 1.165) is 48.4 Å². The molecule has 7 heteroatoms. The Morgan fingerprint density at radius 3 is 2.86 bits per heavy atom. The summed E-state index contributed by atoms with van der Waals surface area (Å²) >= 11 is 0. The molecule has 1 unspecified atom stereocenters. The molecule has 2 aromatic rings. The number of aryl methyl sites for hydroxylation is 1. The molecule has 2 heterocycles. The van der Waals surface area contributed by atoms with Crippen molar-refractivity contribution >= 4 is 47.4 Å². The van der Waals surface area contributed by atoms with E-state index in [4.69, 9.17) is 0 Å². The summed E-state index contributed by atoms with van der Waals surface area (Å²) in [5, 5.41) is 6.21. The van der Waals surface area contributed by atoms with Crippen molar-refractivity contribution in [3.05, 3.63) is 24.0 Å². The zero-order valence-corrected chi connectivity index (χ0v) is 13.4. The number of carbonyl (C=O) groups excluding carboxylic acids is 1. The fourth-order valence-electron chi connectivity index (χ4n) is 2.52. The molecule has 5 nitrogen and oxygen atoms in total. The number of nitrogens with one attached hydrogen (secondary N) is 3. The molecule has 1 amide bonds. The van der Waals surface area contributed by atoms with Gasteiger partial charge in [-0.05, 0) is 44.5 Å². The minimum Gasteiger partial charge on any atom is -0.342 e. The second kappa shape index (κ2) is 7.64. The van der Waals surface area contributed by atoms with Crippen LogP contribution in [0.25, 0.3) is 11.0 Å². The van der Waals surface area contributed by atoms with Crippen molar-refractivity contribution in [2.24, 2.45) is 0 Å². The maximum absolute atomic E-state index is 12.1. The van der Waals surface area contributed by atoms with Gasteiger partial charge in [0.1, 0.15) is 5.82 Å². The molecule has 1 fully saturated rings. The molecule has 21 heavy (non-hydrogen) atoms. The van der Waals surface area contributed by atoms with Crippen LogP contribution >= 0.6 is 24.8 Å². The Morgan fingerprint density at radius 2 is 2.14 bits per heavy atom. The molecule has 1 aliphatic heterocycles. The van der Waals surface area contributed by atoms with Gasteiger partial charge in [0.2, 0.25) is 5.91 Å². The molecule has 1 aliphatic rings. The summed E-state index contributed by atoms with van der Waals surface area (Å²) in [4.78, 5) is 19.6. The number of piperidine rings is 1. The first-order chi connectivity index (χ1) is 9.22. The van der Waals surface area contributed by atoms with E-state index >= 15 is 0 Å². The first-order valence-electron chi connectivity index (χ1n) is 6.73. The van der Waals surface area contributed by atoms with Crippen LogP contribution in [0.3, 0.4) is 0 Å². The van der Waals surface area contributed by atoms with Crippen molar-refractivity contribution in [3.63, 3.8) is 0 Å². The topological polar surface area (TPSA) is 69.8 Å². The molecule has 0 saturated carbocycles. The second-order valence-corrected chi connectivity index (χ2v) is 5.05. The van der Waals surface area contributed by atoms with Crippen molar-refractivity contribution in [3.8, 4) is 0 Å². The van der Waals surface area contributed by atoms with Crippen molar-refractivity contribution in [1.29, 1.82) is 0 Å². The van der Waals surface area contributed by atoms with Gasteiger partial charge in [0.15, 0.2) is 0 Å². The SMILES string of the molecule is Cc1nc2ccc(NC(=O)C3CCCCN3)cc2[nH]1.Cl.Cl. The Kier molecular flexibility index (Phi) is 6.45. The highest BCUT2D eigenvalue weighted by Crippen LogP contribution is 2.18. The smallest absolute Gasteiger partial charge is 0.241 e. The molecule has 0 aliphatic carbocycles. The van der Waals surface area contributed by atoms with E-state index in [9.17, 15) is 4.79 Å². The van der Waals surface area contributed by atoms with Gasteiger partial charge in [0.25, 0.3) is 0 Å². The number of nitrogens with zero attached hydrogens (tertiary/aromatic N) is 1. The number of aromatic amines is 1. The van der Waals surface area contributed by atoms with Crippen LogP contribution < -0.4 is 10.6 Å². The molecule has 3 rings (SSSR count). The van der Waals surface area contributed by atoms with E-state index in [2.05, 4.69) is 20.6 Å². The lowest BCUT2D eigenvalue weighted by Crippen LogP contribution is -2.43. The largest absolute Gasteiger partial charge is 0.342 e. The lowest BCUT2D eigenvalue weighted by Gasteiger charge is -2.22. The highest BCUT2D eigenvalue weighted by Gasteiger charge is 2.20. The fraction of sp³-hybridized carbons (Fsp3) is 0.429. The van der Waals surface area contributed by atoms with Crippen LogP contribution in [0.15, 0.2) is 18.2 Å². The van der Waals surface area contributed by atoms with Crippen LogP contribution in [0.5, 0.6) is 0 Å². The number of rotatable bonds is 2. The van der Waals surface area contributed by atoms with Crippen LogP contribution in [-0.4, -0.2) is 28.5 Å². The van der Waals surface area contributed by atoms with Gasteiger partial charge in [-0.15, -0.1) is 24.8 Å². The van der Waals surface area contributed by atoms with Crippen molar-refractivity contribution in [1.82, 2.24) is 15.3 Å². The first-order valence-corrected chi connectivity index (χ1v) is 6.73. The van der Waals surface area contributed by atoms with Crippen LogP contribution in [0, 0.1) is 6.92 Å². The van der Waals surface area contributed by atoms with E-state index in [1.54, 1.807) is 0 Å². The predicted octanol–water partition coefficient (Wildman–Crippen LogP) is 2.80. The van der Waals surface area contributed by atoms with Gasteiger partial charge in [-0.3, -0.25) is 4.79 Å². The summed E-state index contributed by atoms with van der Waals surface area (Å²) in [6.45, 7) is 2.85. The molecule has 1 saturated heterocycles. The number of carbonyl (C=O) groups is 1. The van der Waals surface area contributed by atoms with Crippen LogP contribution in [0.1, 0.15) is 25.1 Å². The number of benzene rings is 1. The van der Waals surface area contributed by atoms with Gasteiger partial charge in [-0.2, -0.15) is 0 Å². The van der Waals surface area contributed by atoms with Crippen molar-refractivity contribution in [2.75, 3.05) is 11.9 Å². The highest BCUT2D eigenvalue weighted by molar-refractivity contribution is 5.96. The number of anilines is 1. The third kappa shape index (κ3) is 4.09. The molecule has 1 aromatic carbocycles. The minimum absolute atomic E-state index is 0. The molecule has 1 aromatic heterocycles. The Bertz CT molecular complexity index is 608. The molecule has 116 valence electrons. The Hall–Kier alpha value is -1.30. The number of H-pyrrole nitrogens is 1. The quantitative estimate of drug-likeness (QED) is 0.792. The van der Waals surface area contributed by atoms with Gasteiger partial charge in [0.05, 0.1) is 17.1 Å². The molecule has 0 spiro atoms. The summed E-state index contributed by atoms with van der Waals surface area (Å²) in [5.74, 6) is 0.933. The van der Waals surface area contributed by atoms with Crippen LogP contribution in [0.4, 0.5) is 5.69 Å². The average molecular weight is 331 g/mol. The highest BCUT2D eigenvalue weighted by atomic mass is 35.5. The van der Waals surface area contributed by atoms with E-state index in [0.29, 0.717) is 0 Å². The maximum atomic E-state index is 12.1. The van der Waals surface area contributed by atoms with Gasteiger partial charge >= 0.3 is 0 Å². The molecule has 0 bridgehead atoms. The number of amides is 1. The first kappa shape index (κ1) is 17.8. The molecule has 1 atom stereocenters. The predicted molar refractivity (Wildman–Crippen MR) is 89.6 cm³/mol. The Balaban J connectivity index is 0.00000110. The zero-order chi connectivity index (χ0) is 13.2. The number of hydrogen-bond donors (Lipinski definition) is 3. The number of hydrogen-bond acceptors (Lipinski definition) is 3. The van der Waals surface area contributed by atoms with Crippen LogP contribution in [0.2, 0.25) is 0 Å². The summed E-state index contributed by atoms with van der Waals surface area (Å²) in [6, 6.07) is 5.68. The van der Waals surface area contributed by atoms with Gasteiger partial charge in [0, 0.05) is 5.69 Å². The summed E-state index contributed by atoms with van der Waals surface area (Å²) in [6.07, 6.45) is 3.18. The zero-order valence-electron chi connectivity index (χ0n) is 11.8. The Morgan fingerprint density at radius 1 is 1.33 bits per heavy atom. The normalized spacial score (nSPS) is 17.7. The van der Waals surface area contributed by atoms with Gasteiger partial charge < -0.3 is 15.6 Å². The summed E-state index contributed by atoms with van der Waals surface area (Å²) in [7, 11) is 0. The molecular weight excluding hydrogens is 311 g/mol. The summed E-state index contributed by atoms with van der Waals surface area (Å²) < 4.78 is 0. The number of aromatic nitrogens is 2.